The fourth-order valence-corrected chi connectivity index (χ4v) is 5.82. The lowest BCUT2D eigenvalue weighted by molar-refractivity contribution is -0.128. The van der Waals surface area contributed by atoms with Crippen molar-refractivity contribution in [3.8, 4) is 16.8 Å². The molecule has 216 valence electrons. The van der Waals surface area contributed by atoms with E-state index >= 15 is 0 Å². The quantitative estimate of drug-likeness (QED) is 0.281. The number of hydrogen-bond acceptors (Lipinski definition) is 9. The van der Waals surface area contributed by atoms with Crippen LogP contribution < -0.4 is 21.3 Å². The molecule has 4 rings (SSSR count). The summed E-state index contributed by atoms with van der Waals surface area (Å²) < 4.78 is 28.3. The Morgan fingerprint density at radius 1 is 1.24 bits per heavy atom. The van der Waals surface area contributed by atoms with Gasteiger partial charge in [-0.15, -0.1) is 4.80 Å². The lowest BCUT2D eigenvalue weighted by Gasteiger charge is -2.28. The summed E-state index contributed by atoms with van der Waals surface area (Å²) in [5, 5.41) is 20.4. The first-order chi connectivity index (χ1) is 19.4. The number of nitrogens with one attached hydrogen (secondary N) is 1. The SMILES string of the molecule is COc1ccc(F)cc1C(Cn1c(=O)n(C(C)(C)C(=O)NCC#N)c(=O)c2c(C)c(-n3nccn3)sc21)OC(C)C. The van der Waals surface area contributed by atoms with E-state index in [0.29, 0.717) is 26.7 Å². The van der Waals surface area contributed by atoms with Crippen molar-refractivity contribution >= 4 is 27.5 Å². The molecule has 0 fully saturated rings. The van der Waals surface area contributed by atoms with Crippen LogP contribution in [0.1, 0.15) is 44.9 Å². The van der Waals surface area contributed by atoms with E-state index in [2.05, 4.69) is 15.5 Å². The maximum Gasteiger partial charge on any atom is 0.333 e. The van der Waals surface area contributed by atoms with Gasteiger partial charge >= 0.3 is 5.69 Å². The molecule has 0 saturated carbocycles. The Labute approximate surface area is 238 Å². The van der Waals surface area contributed by atoms with Crippen molar-refractivity contribution in [1.82, 2.24) is 29.4 Å². The summed E-state index contributed by atoms with van der Waals surface area (Å²) in [7, 11) is 1.45. The Kier molecular flexibility index (Phi) is 8.41. The monoisotopic (exact) mass is 583 g/mol. The van der Waals surface area contributed by atoms with Crippen molar-refractivity contribution in [3.63, 3.8) is 0 Å². The molecule has 4 aromatic rings. The Bertz CT molecular complexity index is 1750. The number of rotatable bonds is 10. The molecule has 0 radical (unpaired) electrons. The molecular weight excluding hydrogens is 553 g/mol. The smallest absolute Gasteiger partial charge is 0.333 e. The molecule has 0 aliphatic carbocycles. The highest BCUT2D eigenvalue weighted by Gasteiger charge is 2.36. The van der Waals surface area contributed by atoms with Crippen LogP contribution >= 0.6 is 11.3 Å². The van der Waals surface area contributed by atoms with Gasteiger partial charge in [-0.2, -0.15) is 15.5 Å². The van der Waals surface area contributed by atoms with Crippen LogP contribution in [0, 0.1) is 24.1 Å². The largest absolute Gasteiger partial charge is 0.496 e. The van der Waals surface area contributed by atoms with Gasteiger partial charge in [0.25, 0.3) is 5.56 Å². The van der Waals surface area contributed by atoms with Crippen LogP contribution in [0.15, 0.2) is 40.2 Å². The van der Waals surface area contributed by atoms with Crippen LogP contribution in [0.4, 0.5) is 4.39 Å². The van der Waals surface area contributed by atoms with E-state index < -0.39 is 34.6 Å². The summed E-state index contributed by atoms with van der Waals surface area (Å²) in [6, 6.07) is 5.83. The minimum atomic E-state index is -1.68. The van der Waals surface area contributed by atoms with Gasteiger partial charge in [0.15, 0.2) is 0 Å². The van der Waals surface area contributed by atoms with E-state index in [-0.39, 0.29) is 24.6 Å². The van der Waals surface area contributed by atoms with E-state index in [1.165, 1.54) is 60.9 Å². The number of carbonyl (C=O) groups is 1. The Hall–Kier alpha value is -4.35. The van der Waals surface area contributed by atoms with Crippen LogP contribution in [0.3, 0.4) is 0 Å². The van der Waals surface area contributed by atoms with Gasteiger partial charge in [0.2, 0.25) is 5.91 Å². The first-order valence-electron chi connectivity index (χ1n) is 12.7. The predicted octanol–water partition coefficient (Wildman–Crippen LogP) is 2.80. The molecular formula is C27H30FN7O5S. The summed E-state index contributed by atoms with van der Waals surface area (Å²) in [5.74, 6) is -0.850. The number of ether oxygens (including phenoxy) is 2. The van der Waals surface area contributed by atoms with E-state index in [9.17, 15) is 18.8 Å². The number of thiophene rings is 1. The highest BCUT2D eigenvalue weighted by molar-refractivity contribution is 7.21. The van der Waals surface area contributed by atoms with Gasteiger partial charge in [-0.1, -0.05) is 11.3 Å². The molecule has 1 aromatic carbocycles. The second kappa shape index (κ2) is 11.6. The molecule has 1 amide bonds. The van der Waals surface area contributed by atoms with Crippen molar-refractivity contribution < 1.29 is 18.7 Å². The number of benzene rings is 1. The highest BCUT2D eigenvalue weighted by atomic mass is 32.1. The molecule has 0 bridgehead atoms. The van der Waals surface area contributed by atoms with Gasteiger partial charge in [0.05, 0.1) is 43.6 Å². The van der Waals surface area contributed by atoms with Gasteiger partial charge in [-0.3, -0.25) is 14.2 Å². The Balaban J connectivity index is 2.04. The molecule has 0 aliphatic heterocycles. The van der Waals surface area contributed by atoms with Crippen molar-refractivity contribution in [2.75, 3.05) is 13.7 Å². The zero-order valence-electron chi connectivity index (χ0n) is 23.5. The lowest BCUT2D eigenvalue weighted by atomic mass is 10.0. The van der Waals surface area contributed by atoms with Crippen LogP contribution in [0.5, 0.6) is 5.75 Å². The molecule has 3 aromatic heterocycles. The molecule has 0 saturated heterocycles. The molecule has 1 unspecified atom stereocenters. The Morgan fingerprint density at radius 2 is 1.93 bits per heavy atom. The summed E-state index contributed by atoms with van der Waals surface area (Å²) in [6.45, 7) is 7.72. The van der Waals surface area contributed by atoms with Crippen molar-refractivity contribution in [1.29, 1.82) is 5.26 Å². The number of hydrogen-bond donors (Lipinski definition) is 1. The van der Waals surface area contributed by atoms with Crippen molar-refractivity contribution in [3.05, 3.63) is 68.4 Å². The lowest BCUT2D eigenvalue weighted by Crippen LogP contribution is -2.56. The van der Waals surface area contributed by atoms with Gasteiger partial charge in [-0.05, 0) is 52.8 Å². The molecule has 1 N–H and O–H groups in total. The minimum Gasteiger partial charge on any atom is -0.496 e. The first kappa shape index (κ1) is 29.6. The molecule has 3 heterocycles. The average Bonchev–Trinajstić information content (AvgIpc) is 3.56. The van der Waals surface area contributed by atoms with E-state index in [4.69, 9.17) is 14.7 Å². The zero-order chi connectivity index (χ0) is 30.1. The Morgan fingerprint density at radius 3 is 2.54 bits per heavy atom. The summed E-state index contributed by atoms with van der Waals surface area (Å²) in [5.41, 5.74) is -2.27. The topological polar surface area (TPSA) is 146 Å². The van der Waals surface area contributed by atoms with Crippen molar-refractivity contribution in [2.45, 2.75) is 58.9 Å². The standard InChI is InChI=1S/C27H30FN7O5S/c1-15(2)40-20(18-13-17(28)7-8-19(18)39-6)14-33-24-21(16(3)23(41-24)35-31-11-12-32-35)22(36)34(26(33)38)27(4,5)25(37)30-10-9-29/h7-8,11-13,15,20H,10,14H2,1-6H3,(H,30,37). The number of aryl methyl sites for hydroxylation is 1. The van der Waals surface area contributed by atoms with Crippen LogP contribution in [0.25, 0.3) is 15.2 Å². The average molecular weight is 584 g/mol. The normalized spacial score (nSPS) is 12.5. The number of amides is 1. The van der Waals surface area contributed by atoms with Gasteiger partial charge in [0.1, 0.15) is 39.6 Å². The van der Waals surface area contributed by atoms with Gasteiger partial charge < -0.3 is 14.8 Å². The maximum absolute atomic E-state index is 14.4. The number of nitriles is 1. The number of aromatic nitrogens is 5. The third-order valence-electron chi connectivity index (χ3n) is 6.55. The third-order valence-corrected chi connectivity index (χ3v) is 7.83. The number of carbonyl (C=O) groups excluding carboxylic acids is 1. The molecule has 14 heteroatoms. The number of methoxy groups -OCH3 is 1. The number of fused-ring (bicyclic) bond motifs is 1. The summed E-state index contributed by atoms with van der Waals surface area (Å²) >= 11 is 1.13. The molecule has 41 heavy (non-hydrogen) atoms. The van der Waals surface area contributed by atoms with E-state index in [0.717, 1.165) is 15.9 Å². The van der Waals surface area contributed by atoms with Gasteiger partial charge in [-0.25, -0.2) is 13.8 Å². The molecule has 12 nitrogen and oxygen atoms in total. The second-order valence-electron chi connectivity index (χ2n) is 10.0. The summed E-state index contributed by atoms with van der Waals surface area (Å²) in [6.07, 6.45) is 1.77. The van der Waals surface area contributed by atoms with Crippen LogP contribution in [-0.4, -0.2) is 49.8 Å². The van der Waals surface area contributed by atoms with Crippen molar-refractivity contribution in [2.24, 2.45) is 0 Å². The minimum absolute atomic E-state index is 0.143. The number of halogens is 1. The predicted molar refractivity (Wildman–Crippen MR) is 150 cm³/mol. The van der Waals surface area contributed by atoms with E-state index in [1.54, 1.807) is 20.8 Å². The van der Waals surface area contributed by atoms with E-state index in [1.807, 2.05) is 6.07 Å². The summed E-state index contributed by atoms with van der Waals surface area (Å²) in [4.78, 5) is 42.9. The maximum atomic E-state index is 14.4. The fraction of sp³-hybridized carbons (Fsp3) is 0.407. The first-order valence-corrected chi connectivity index (χ1v) is 13.5. The van der Waals surface area contributed by atoms with Gasteiger partial charge in [0, 0.05) is 11.1 Å². The zero-order valence-corrected chi connectivity index (χ0v) is 24.3. The molecule has 0 aliphatic rings. The van der Waals surface area contributed by atoms with Crippen LogP contribution in [0.2, 0.25) is 0 Å². The molecule has 1 atom stereocenters. The fourth-order valence-electron chi connectivity index (χ4n) is 4.60. The third kappa shape index (κ3) is 5.50. The van der Waals surface area contributed by atoms with Crippen LogP contribution in [-0.2, 0) is 21.6 Å². The second-order valence-corrected chi connectivity index (χ2v) is 11.0. The molecule has 0 spiro atoms. The highest BCUT2D eigenvalue weighted by Crippen LogP contribution is 2.34. The number of nitrogens with zero attached hydrogens (tertiary/aromatic N) is 6.